The molecular formula is C15H22F3NO. The summed E-state index contributed by atoms with van der Waals surface area (Å²) in [4.78, 5) is 0. The largest absolute Gasteiger partial charge is 0.411 e. The Bertz CT molecular complexity index is 376. The van der Waals surface area contributed by atoms with Crippen LogP contribution in [0.25, 0.3) is 0 Å². The first-order valence-electron chi connectivity index (χ1n) is 6.93. The van der Waals surface area contributed by atoms with Crippen molar-refractivity contribution in [3.8, 4) is 0 Å². The van der Waals surface area contributed by atoms with Crippen LogP contribution in [0.5, 0.6) is 0 Å². The minimum atomic E-state index is -4.28. The van der Waals surface area contributed by atoms with E-state index in [4.69, 9.17) is 4.74 Å². The topological polar surface area (TPSA) is 21.3 Å². The maximum atomic E-state index is 12.1. The number of hydrogen-bond donors (Lipinski definition) is 1. The van der Waals surface area contributed by atoms with Crippen LogP contribution in [0, 0.1) is 0 Å². The SMILES string of the molecule is CCCc1ccc(C(COCC(F)(F)F)NCC)cc1. The van der Waals surface area contributed by atoms with Gasteiger partial charge in [-0.3, -0.25) is 0 Å². The van der Waals surface area contributed by atoms with Crippen molar-refractivity contribution in [2.45, 2.75) is 38.9 Å². The first kappa shape index (κ1) is 17.0. The summed E-state index contributed by atoms with van der Waals surface area (Å²) in [5.74, 6) is 0. The summed E-state index contributed by atoms with van der Waals surface area (Å²) in [5, 5.41) is 3.14. The van der Waals surface area contributed by atoms with Gasteiger partial charge in [0.2, 0.25) is 0 Å². The van der Waals surface area contributed by atoms with Crippen LogP contribution in [0.15, 0.2) is 24.3 Å². The van der Waals surface area contributed by atoms with Gasteiger partial charge in [-0.1, -0.05) is 44.5 Å². The lowest BCUT2D eigenvalue weighted by molar-refractivity contribution is -0.175. The van der Waals surface area contributed by atoms with Crippen molar-refractivity contribution in [2.24, 2.45) is 0 Å². The van der Waals surface area contributed by atoms with E-state index in [1.165, 1.54) is 5.56 Å². The van der Waals surface area contributed by atoms with E-state index < -0.39 is 12.8 Å². The van der Waals surface area contributed by atoms with Crippen LogP contribution < -0.4 is 5.32 Å². The third kappa shape index (κ3) is 6.39. The molecule has 1 N–H and O–H groups in total. The van der Waals surface area contributed by atoms with E-state index in [1.807, 2.05) is 31.2 Å². The molecule has 0 aliphatic heterocycles. The van der Waals surface area contributed by atoms with Gasteiger partial charge in [-0.25, -0.2) is 0 Å². The van der Waals surface area contributed by atoms with Crippen molar-refractivity contribution in [2.75, 3.05) is 19.8 Å². The van der Waals surface area contributed by atoms with Gasteiger partial charge in [0.05, 0.1) is 12.6 Å². The van der Waals surface area contributed by atoms with Crippen LogP contribution in [0.1, 0.15) is 37.4 Å². The molecule has 0 spiro atoms. The fourth-order valence-corrected chi connectivity index (χ4v) is 2.02. The number of rotatable bonds is 8. The normalized spacial score (nSPS) is 13.4. The third-order valence-electron chi connectivity index (χ3n) is 2.92. The highest BCUT2D eigenvalue weighted by Gasteiger charge is 2.28. The first-order valence-corrected chi connectivity index (χ1v) is 6.93. The lowest BCUT2D eigenvalue weighted by atomic mass is 10.0. The molecule has 1 aromatic carbocycles. The van der Waals surface area contributed by atoms with Crippen LogP contribution >= 0.6 is 0 Å². The molecule has 0 aliphatic rings. The Kier molecular flexibility index (Phi) is 7.02. The van der Waals surface area contributed by atoms with E-state index in [0.29, 0.717) is 6.54 Å². The molecule has 1 unspecified atom stereocenters. The molecule has 0 fully saturated rings. The highest BCUT2D eigenvalue weighted by Crippen LogP contribution is 2.18. The van der Waals surface area contributed by atoms with Gasteiger partial charge < -0.3 is 10.1 Å². The number of nitrogens with one attached hydrogen (secondary N) is 1. The molecule has 0 amide bonds. The number of benzene rings is 1. The highest BCUT2D eigenvalue weighted by atomic mass is 19.4. The van der Waals surface area contributed by atoms with Crippen molar-refractivity contribution in [3.63, 3.8) is 0 Å². The molecule has 2 nitrogen and oxygen atoms in total. The summed E-state index contributed by atoms with van der Waals surface area (Å²) in [6.45, 7) is 3.52. The minimum Gasteiger partial charge on any atom is -0.370 e. The molecule has 0 aliphatic carbocycles. The van der Waals surface area contributed by atoms with Gasteiger partial charge in [-0.05, 0) is 24.1 Å². The average Bonchev–Trinajstić information content (AvgIpc) is 2.38. The first-order chi connectivity index (χ1) is 9.46. The number of halogens is 3. The number of alkyl halides is 3. The Hall–Kier alpha value is -1.07. The predicted molar refractivity (Wildman–Crippen MR) is 73.7 cm³/mol. The van der Waals surface area contributed by atoms with Gasteiger partial charge >= 0.3 is 6.18 Å². The maximum absolute atomic E-state index is 12.1. The number of aryl methyl sites for hydroxylation is 1. The van der Waals surface area contributed by atoms with Gasteiger partial charge in [0.15, 0.2) is 0 Å². The molecule has 0 saturated carbocycles. The molecular weight excluding hydrogens is 267 g/mol. The van der Waals surface area contributed by atoms with Gasteiger partial charge in [-0.15, -0.1) is 0 Å². The van der Waals surface area contributed by atoms with Crippen LogP contribution in [-0.2, 0) is 11.2 Å². The summed E-state index contributed by atoms with van der Waals surface area (Å²) in [6, 6.07) is 7.74. The van der Waals surface area contributed by atoms with Crippen LogP contribution in [0.3, 0.4) is 0 Å². The summed E-state index contributed by atoms with van der Waals surface area (Å²) in [6.07, 6.45) is -2.19. The Labute approximate surface area is 118 Å². The van der Waals surface area contributed by atoms with Crippen molar-refractivity contribution in [3.05, 3.63) is 35.4 Å². The monoisotopic (exact) mass is 289 g/mol. The standard InChI is InChI=1S/C15H22F3NO/c1-3-5-12-6-8-13(9-7-12)14(19-4-2)10-20-11-15(16,17)18/h6-9,14,19H,3-5,10-11H2,1-2H3. The fourth-order valence-electron chi connectivity index (χ4n) is 2.02. The van der Waals surface area contributed by atoms with Gasteiger partial charge in [0, 0.05) is 0 Å². The van der Waals surface area contributed by atoms with E-state index in [0.717, 1.165) is 18.4 Å². The van der Waals surface area contributed by atoms with E-state index >= 15 is 0 Å². The Balaban J connectivity index is 2.60. The molecule has 0 bridgehead atoms. The molecule has 5 heteroatoms. The molecule has 0 aromatic heterocycles. The van der Waals surface area contributed by atoms with Gasteiger partial charge in [0.1, 0.15) is 6.61 Å². The zero-order valence-corrected chi connectivity index (χ0v) is 12.0. The van der Waals surface area contributed by atoms with E-state index in [-0.39, 0.29) is 12.6 Å². The zero-order valence-electron chi connectivity index (χ0n) is 12.0. The maximum Gasteiger partial charge on any atom is 0.411 e. The lowest BCUT2D eigenvalue weighted by Crippen LogP contribution is -2.28. The molecule has 1 atom stereocenters. The molecule has 20 heavy (non-hydrogen) atoms. The second kappa shape index (κ2) is 8.27. The summed E-state index contributed by atoms with van der Waals surface area (Å²) in [7, 11) is 0. The van der Waals surface area contributed by atoms with Crippen molar-refractivity contribution < 1.29 is 17.9 Å². The Morgan fingerprint density at radius 1 is 1.15 bits per heavy atom. The highest BCUT2D eigenvalue weighted by molar-refractivity contribution is 5.25. The zero-order chi connectivity index (χ0) is 15.0. The number of likely N-dealkylation sites (N-methyl/N-ethyl adjacent to an activating group) is 1. The van der Waals surface area contributed by atoms with E-state index in [2.05, 4.69) is 12.2 Å². The second-order valence-corrected chi connectivity index (χ2v) is 4.73. The van der Waals surface area contributed by atoms with Crippen molar-refractivity contribution >= 4 is 0 Å². The molecule has 0 saturated heterocycles. The van der Waals surface area contributed by atoms with Crippen LogP contribution in [0.2, 0.25) is 0 Å². The molecule has 114 valence electrons. The smallest absolute Gasteiger partial charge is 0.370 e. The summed E-state index contributed by atoms with van der Waals surface area (Å²) < 4.78 is 41.0. The fraction of sp³-hybridized carbons (Fsp3) is 0.600. The van der Waals surface area contributed by atoms with Gasteiger partial charge in [-0.2, -0.15) is 13.2 Å². The molecule has 1 rings (SSSR count). The minimum absolute atomic E-state index is 0.0144. The third-order valence-corrected chi connectivity index (χ3v) is 2.92. The van der Waals surface area contributed by atoms with Crippen molar-refractivity contribution in [1.29, 1.82) is 0 Å². The number of hydrogen-bond acceptors (Lipinski definition) is 2. The van der Waals surface area contributed by atoms with Crippen molar-refractivity contribution in [1.82, 2.24) is 5.32 Å². The molecule has 1 aromatic rings. The quantitative estimate of drug-likeness (QED) is 0.784. The number of ether oxygens (including phenoxy) is 1. The van der Waals surface area contributed by atoms with E-state index in [1.54, 1.807) is 0 Å². The second-order valence-electron chi connectivity index (χ2n) is 4.73. The lowest BCUT2D eigenvalue weighted by Gasteiger charge is -2.19. The van der Waals surface area contributed by atoms with Gasteiger partial charge in [0.25, 0.3) is 0 Å². The Morgan fingerprint density at radius 2 is 1.80 bits per heavy atom. The summed E-state index contributed by atoms with van der Waals surface area (Å²) >= 11 is 0. The Morgan fingerprint density at radius 3 is 2.30 bits per heavy atom. The molecule has 0 radical (unpaired) electrons. The van der Waals surface area contributed by atoms with Crippen LogP contribution in [0.4, 0.5) is 13.2 Å². The van der Waals surface area contributed by atoms with E-state index in [9.17, 15) is 13.2 Å². The summed E-state index contributed by atoms with van der Waals surface area (Å²) in [5.41, 5.74) is 2.19. The predicted octanol–water partition coefficient (Wildman–Crippen LogP) is 3.87. The van der Waals surface area contributed by atoms with Crippen LogP contribution in [-0.4, -0.2) is 25.9 Å². The average molecular weight is 289 g/mol. The molecule has 0 heterocycles.